The molecule has 0 atom stereocenters. The van der Waals surface area contributed by atoms with Gasteiger partial charge in [-0.05, 0) is 0 Å². The monoisotopic (exact) mass is 255 g/mol. The number of hydrogen-bond donors (Lipinski definition) is 3. The fraction of sp³-hybridized carbons (Fsp3) is 0.600. The summed E-state index contributed by atoms with van der Waals surface area (Å²) in [5.41, 5.74) is -0.109. The van der Waals surface area contributed by atoms with E-state index in [4.69, 9.17) is 5.11 Å². The van der Waals surface area contributed by atoms with Gasteiger partial charge >= 0.3 is 5.97 Å². The van der Waals surface area contributed by atoms with Crippen LogP contribution < -0.4 is 10.6 Å². The first kappa shape index (κ1) is 14.1. The Hall–Kier alpha value is -1.96. The Balaban J connectivity index is 2.24. The molecule has 1 aromatic rings. The predicted octanol–water partition coefficient (Wildman–Crippen LogP) is -0.909. The topological polar surface area (TPSA) is 109 Å². The maximum Gasteiger partial charge on any atom is 0.358 e. The van der Waals surface area contributed by atoms with Crippen LogP contribution in [-0.2, 0) is 11.3 Å². The van der Waals surface area contributed by atoms with Gasteiger partial charge in [-0.2, -0.15) is 0 Å². The molecule has 1 heterocycles. The SMILES string of the molecule is CC(C)NCC(=O)NCCn1cc(C(=O)O)nn1. The second-order valence-electron chi connectivity index (χ2n) is 4.06. The molecular weight excluding hydrogens is 238 g/mol. The molecular formula is C10H17N5O3. The molecule has 0 saturated carbocycles. The maximum absolute atomic E-state index is 11.3. The lowest BCUT2D eigenvalue weighted by molar-refractivity contribution is -0.120. The minimum atomic E-state index is -1.12. The molecule has 18 heavy (non-hydrogen) atoms. The first-order valence-corrected chi connectivity index (χ1v) is 5.62. The van der Waals surface area contributed by atoms with E-state index >= 15 is 0 Å². The van der Waals surface area contributed by atoms with E-state index in [-0.39, 0.29) is 24.2 Å². The highest BCUT2D eigenvalue weighted by Crippen LogP contribution is 1.91. The van der Waals surface area contributed by atoms with E-state index in [1.807, 2.05) is 13.8 Å². The molecule has 1 rings (SSSR count). The number of aromatic carboxylic acids is 1. The molecule has 1 amide bonds. The summed E-state index contributed by atoms with van der Waals surface area (Å²) in [5.74, 6) is -1.23. The average Bonchev–Trinajstić information content (AvgIpc) is 2.75. The molecule has 3 N–H and O–H groups in total. The van der Waals surface area contributed by atoms with Crippen LogP contribution >= 0.6 is 0 Å². The summed E-state index contributed by atoms with van der Waals surface area (Å²) in [7, 11) is 0. The summed E-state index contributed by atoms with van der Waals surface area (Å²) in [6, 6.07) is 0.254. The van der Waals surface area contributed by atoms with Crippen LogP contribution in [0.25, 0.3) is 0 Å². The third kappa shape index (κ3) is 4.91. The van der Waals surface area contributed by atoms with Gasteiger partial charge < -0.3 is 15.7 Å². The molecule has 100 valence electrons. The molecule has 0 saturated heterocycles. The van der Waals surface area contributed by atoms with Gasteiger partial charge in [-0.25, -0.2) is 9.48 Å². The number of carboxylic acids is 1. The predicted molar refractivity (Wildman–Crippen MR) is 63.1 cm³/mol. The highest BCUT2D eigenvalue weighted by molar-refractivity contribution is 5.84. The van der Waals surface area contributed by atoms with Gasteiger partial charge in [-0.15, -0.1) is 5.10 Å². The second kappa shape index (κ2) is 6.70. The zero-order chi connectivity index (χ0) is 13.5. The molecule has 0 spiro atoms. The Morgan fingerprint density at radius 2 is 2.22 bits per heavy atom. The van der Waals surface area contributed by atoms with Crippen molar-refractivity contribution < 1.29 is 14.7 Å². The van der Waals surface area contributed by atoms with Crippen molar-refractivity contribution in [2.24, 2.45) is 0 Å². The molecule has 0 fully saturated rings. The average molecular weight is 255 g/mol. The summed E-state index contributed by atoms with van der Waals surface area (Å²) in [4.78, 5) is 21.9. The van der Waals surface area contributed by atoms with Crippen molar-refractivity contribution in [3.8, 4) is 0 Å². The van der Waals surface area contributed by atoms with Crippen molar-refractivity contribution in [1.29, 1.82) is 0 Å². The van der Waals surface area contributed by atoms with Crippen LogP contribution in [0, 0.1) is 0 Å². The fourth-order valence-electron chi connectivity index (χ4n) is 1.17. The van der Waals surface area contributed by atoms with Crippen LogP contribution in [-0.4, -0.2) is 51.1 Å². The number of nitrogens with zero attached hydrogens (tertiary/aromatic N) is 3. The maximum atomic E-state index is 11.3. The first-order chi connectivity index (χ1) is 8.49. The molecule has 0 aliphatic carbocycles. The summed E-state index contributed by atoms with van der Waals surface area (Å²) < 4.78 is 1.37. The van der Waals surface area contributed by atoms with E-state index in [0.29, 0.717) is 13.1 Å². The van der Waals surface area contributed by atoms with Gasteiger partial charge in [0.15, 0.2) is 5.69 Å². The third-order valence-corrected chi connectivity index (χ3v) is 2.09. The van der Waals surface area contributed by atoms with Gasteiger partial charge in [0.25, 0.3) is 0 Å². The van der Waals surface area contributed by atoms with Crippen molar-refractivity contribution in [1.82, 2.24) is 25.6 Å². The lowest BCUT2D eigenvalue weighted by Gasteiger charge is -2.08. The van der Waals surface area contributed by atoms with Crippen molar-refractivity contribution in [2.75, 3.05) is 13.1 Å². The Morgan fingerprint density at radius 3 is 2.78 bits per heavy atom. The molecule has 0 aromatic carbocycles. The van der Waals surface area contributed by atoms with Gasteiger partial charge in [-0.1, -0.05) is 19.1 Å². The van der Waals surface area contributed by atoms with Crippen molar-refractivity contribution in [2.45, 2.75) is 26.4 Å². The van der Waals surface area contributed by atoms with Crippen LogP contribution in [0.3, 0.4) is 0 Å². The van der Waals surface area contributed by atoms with E-state index < -0.39 is 5.97 Å². The number of carbonyl (C=O) groups excluding carboxylic acids is 1. The highest BCUT2D eigenvalue weighted by atomic mass is 16.4. The van der Waals surface area contributed by atoms with Crippen LogP contribution in [0.2, 0.25) is 0 Å². The molecule has 8 heteroatoms. The van der Waals surface area contributed by atoms with Crippen LogP contribution in [0.5, 0.6) is 0 Å². The van der Waals surface area contributed by atoms with E-state index in [9.17, 15) is 9.59 Å². The molecule has 0 unspecified atom stereocenters. The van der Waals surface area contributed by atoms with Crippen molar-refractivity contribution >= 4 is 11.9 Å². The lowest BCUT2D eigenvalue weighted by Crippen LogP contribution is -2.38. The van der Waals surface area contributed by atoms with Crippen LogP contribution in [0.4, 0.5) is 0 Å². The van der Waals surface area contributed by atoms with Crippen molar-refractivity contribution in [3.05, 3.63) is 11.9 Å². The van der Waals surface area contributed by atoms with Gasteiger partial charge in [0.2, 0.25) is 5.91 Å². The summed E-state index contributed by atoms with van der Waals surface area (Å²) in [6.45, 7) is 4.93. The molecule has 0 radical (unpaired) electrons. The summed E-state index contributed by atoms with van der Waals surface area (Å²) in [5, 5.41) is 21.4. The summed E-state index contributed by atoms with van der Waals surface area (Å²) in [6.07, 6.45) is 1.32. The van der Waals surface area contributed by atoms with E-state index in [1.54, 1.807) is 0 Å². The number of amides is 1. The minimum Gasteiger partial charge on any atom is -0.476 e. The van der Waals surface area contributed by atoms with Gasteiger partial charge in [0.05, 0.1) is 19.3 Å². The quantitative estimate of drug-likeness (QED) is 0.582. The molecule has 8 nitrogen and oxygen atoms in total. The minimum absolute atomic E-state index is 0.109. The Labute approximate surface area is 104 Å². The van der Waals surface area contributed by atoms with E-state index in [1.165, 1.54) is 10.9 Å². The Bertz CT molecular complexity index is 415. The number of rotatable bonds is 7. The van der Waals surface area contributed by atoms with Gasteiger partial charge in [0.1, 0.15) is 0 Å². The molecule has 0 aliphatic rings. The Morgan fingerprint density at radius 1 is 1.50 bits per heavy atom. The first-order valence-electron chi connectivity index (χ1n) is 5.62. The zero-order valence-corrected chi connectivity index (χ0v) is 10.4. The molecule has 0 bridgehead atoms. The number of hydrogen-bond acceptors (Lipinski definition) is 5. The largest absolute Gasteiger partial charge is 0.476 e. The highest BCUT2D eigenvalue weighted by Gasteiger charge is 2.08. The standard InChI is InChI=1S/C10H17N5O3/c1-7(2)12-5-9(16)11-3-4-15-6-8(10(17)18)13-14-15/h6-7,12H,3-5H2,1-2H3,(H,11,16)(H,17,18). The smallest absolute Gasteiger partial charge is 0.358 e. The van der Waals surface area contributed by atoms with E-state index in [2.05, 4.69) is 20.9 Å². The fourth-order valence-corrected chi connectivity index (χ4v) is 1.17. The van der Waals surface area contributed by atoms with E-state index in [0.717, 1.165) is 0 Å². The van der Waals surface area contributed by atoms with Crippen molar-refractivity contribution in [3.63, 3.8) is 0 Å². The summed E-state index contributed by atoms with van der Waals surface area (Å²) >= 11 is 0. The third-order valence-electron chi connectivity index (χ3n) is 2.09. The van der Waals surface area contributed by atoms with Gasteiger partial charge in [0, 0.05) is 12.6 Å². The number of carbonyl (C=O) groups is 2. The molecule has 1 aromatic heterocycles. The second-order valence-corrected chi connectivity index (χ2v) is 4.06. The van der Waals surface area contributed by atoms with Gasteiger partial charge in [-0.3, -0.25) is 4.79 Å². The number of carboxylic acid groups (broad SMARTS) is 1. The zero-order valence-electron chi connectivity index (χ0n) is 10.4. The Kier molecular flexibility index (Phi) is 5.25. The van der Waals surface area contributed by atoms with Crippen LogP contribution in [0.1, 0.15) is 24.3 Å². The van der Waals surface area contributed by atoms with Crippen LogP contribution in [0.15, 0.2) is 6.20 Å². The normalized spacial score (nSPS) is 10.6. The lowest BCUT2D eigenvalue weighted by atomic mass is 10.4. The molecule has 0 aliphatic heterocycles. The number of aromatic nitrogens is 3. The number of nitrogens with one attached hydrogen (secondary N) is 2.